The number of benzene rings is 2. The van der Waals surface area contributed by atoms with Crippen LogP contribution in [0.4, 0.5) is 14.5 Å². The van der Waals surface area contributed by atoms with Crippen LogP contribution >= 0.6 is 0 Å². The van der Waals surface area contributed by atoms with Crippen molar-refractivity contribution < 1.29 is 31.1 Å². The van der Waals surface area contributed by atoms with E-state index in [-0.39, 0.29) is 40.5 Å². The second-order valence-corrected chi connectivity index (χ2v) is 13.8. The number of oxazole rings is 1. The summed E-state index contributed by atoms with van der Waals surface area (Å²) < 4.78 is 61.4. The summed E-state index contributed by atoms with van der Waals surface area (Å²) in [6.07, 6.45) is 4.26. The van der Waals surface area contributed by atoms with Gasteiger partial charge in [-0.15, -0.1) is 0 Å². The molecule has 1 N–H and O–H groups in total. The monoisotopic (exact) mass is 610 g/mol. The molecule has 0 unspecified atom stereocenters. The van der Waals surface area contributed by atoms with Gasteiger partial charge in [-0.25, -0.2) is 13.4 Å². The van der Waals surface area contributed by atoms with Crippen molar-refractivity contribution in [1.82, 2.24) is 10.3 Å². The van der Waals surface area contributed by atoms with Crippen LogP contribution < -0.4 is 15.0 Å². The van der Waals surface area contributed by atoms with Crippen molar-refractivity contribution >= 4 is 21.4 Å². The van der Waals surface area contributed by atoms with Crippen LogP contribution in [0, 0.1) is 17.2 Å². The molecule has 226 valence electrons. The molecule has 3 aliphatic rings. The van der Waals surface area contributed by atoms with E-state index in [1.165, 1.54) is 6.07 Å². The maximum Gasteiger partial charge on any atom is 0.387 e. The summed E-state index contributed by atoms with van der Waals surface area (Å²) in [6.45, 7) is -2.22. The summed E-state index contributed by atoms with van der Waals surface area (Å²) in [6, 6.07) is 16.0. The fraction of sp³-hybridized carbons (Fsp3) is 0.452. The number of nitrogens with one attached hydrogen (secondary N) is 1. The predicted octanol–water partition coefficient (Wildman–Crippen LogP) is 5.29. The van der Waals surface area contributed by atoms with Gasteiger partial charge in [-0.3, -0.25) is 4.79 Å². The summed E-state index contributed by atoms with van der Waals surface area (Å²) >= 11 is 0. The van der Waals surface area contributed by atoms with Gasteiger partial charge in [0.05, 0.1) is 23.1 Å². The number of alkyl halides is 2. The van der Waals surface area contributed by atoms with Crippen molar-refractivity contribution in [3.63, 3.8) is 0 Å². The van der Waals surface area contributed by atoms with Crippen LogP contribution in [0.1, 0.15) is 50.2 Å². The van der Waals surface area contributed by atoms with Crippen molar-refractivity contribution in [2.45, 2.75) is 56.6 Å². The van der Waals surface area contributed by atoms with E-state index in [9.17, 15) is 27.3 Å². The summed E-state index contributed by atoms with van der Waals surface area (Å²) in [4.78, 5) is 20.3. The number of nitriles is 1. The smallest absolute Gasteiger partial charge is 0.387 e. The Labute approximate surface area is 248 Å². The number of carbonyl (C=O) groups excluding carboxylic acids is 1. The molecular weight excluding hydrogens is 578 g/mol. The van der Waals surface area contributed by atoms with Gasteiger partial charge in [0.1, 0.15) is 22.7 Å². The molecule has 0 spiro atoms. The number of ether oxygens (including phenoxy) is 1. The average molecular weight is 611 g/mol. The molecule has 43 heavy (non-hydrogen) atoms. The van der Waals surface area contributed by atoms with Crippen molar-refractivity contribution in [3.05, 3.63) is 54.3 Å². The van der Waals surface area contributed by atoms with Gasteiger partial charge in [-0.2, -0.15) is 14.0 Å². The van der Waals surface area contributed by atoms with E-state index in [0.29, 0.717) is 55.8 Å². The Bertz CT molecular complexity index is 1630. The van der Waals surface area contributed by atoms with E-state index in [1.807, 2.05) is 29.2 Å². The molecule has 2 aromatic carbocycles. The van der Waals surface area contributed by atoms with E-state index in [2.05, 4.69) is 11.4 Å². The van der Waals surface area contributed by atoms with Crippen LogP contribution in [0.2, 0.25) is 0 Å². The Morgan fingerprint density at radius 3 is 2.47 bits per heavy atom. The highest BCUT2D eigenvalue weighted by molar-refractivity contribution is 7.91. The third-order valence-electron chi connectivity index (χ3n) is 8.60. The van der Waals surface area contributed by atoms with Crippen LogP contribution in [0.25, 0.3) is 22.7 Å². The van der Waals surface area contributed by atoms with Gasteiger partial charge in [0.25, 0.3) is 0 Å². The van der Waals surface area contributed by atoms with Gasteiger partial charge < -0.3 is 19.4 Å². The zero-order valence-corrected chi connectivity index (χ0v) is 24.3. The van der Waals surface area contributed by atoms with Crippen LogP contribution in [-0.4, -0.2) is 56.1 Å². The minimum absolute atomic E-state index is 0.0742. The molecule has 2 heterocycles. The molecule has 0 bridgehead atoms. The number of hydrogen-bond donors (Lipinski definition) is 1. The Morgan fingerprint density at radius 2 is 1.79 bits per heavy atom. The molecule has 0 radical (unpaired) electrons. The Balaban J connectivity index is 1.38. The quantitative estimate of drug-likeness (QED) is 0.365. The van der Waals surface area contributed by atoms with Gasteiger partial charge in [-0.1, -0.05) is 37.1 Å². The molecule has 3 fully saturated rings. The lowest BCUT2D eigenvalue weighted by molar-refractivity contribution is -0.127. The van der Waals surface area contributed by atoms with Gasteiger partial charge in [0.2, 0.25) is 11.8 Å². The van der Waals surface area contributed by atoms with E-state index in [0.717, 1.165) is 18.5 Å². The number of para-hydroxylation sites is 1. The molecule has 3 aromatic rings. The third-order valence-corrected chi connectivity index (χ3v) is 10.2. The van der Waals surface area contributed by atoms with E-state index >= 15 is 0 Å². The zero-order chi connectivity index (χ0) is 30.2. The minimum atomic E-state index is -3.03. The molecule has 12 heteroatoms. The first-order chi connectivity index (χ1) is 20.7. The van der Waals surface area contributed by atoms with E-state index in [4.69, 9.17) is 14.1 Å². The highest BCUT2D eigenvalue weighted by atomic mass is 32.2. The van der Waals surface area contributed by atoms with Gasteiger partial charge in [-0.05, 0) is 49.9 Å². The number of carbonyl (C=O) groups is 1. The lowest BCUT2D eigenvalue weighted by atomic mass is 9.76. The topological polar surface area (TPSA) is 126 Å². The molecule has 2 atom stereocenters. The van der Waals surface area contributed by atoms with Crippen molar-refractivity contribution in [3.8, 4) is 34.5 Å². The first-order valence-corrected chi connectivity index (χ1v) is 16.3. The van der Waals surface area contributed by atoms with Crippen molar-refractivity contribution in [2.75, 3.05) is 29.5 Å². The number of aromatic nitrogens is 1. The maximum absolute atomic E-state index is 13.5. The van der Waals surface area contributed by atoms with Crippen LogP contribution in [-0.2, 0) is 14.6 Å². The predicted molar refractivity (Wildman–Crippen MR) is 155 cm³/mol. The molecular formula is C31H32F2N4O5S. The van der Waals surface area contributed by atoms with Crippen LogP contribution in [0.15, 0.2) is 52.9 Å². The number of anilines is 1. The molecule has 1 aromatic heterocycles. The van der Waals surface area contributed by atoms with E-state index in [1.54, 1.807) is 18.2 Å². The Morgan fingerprint density at radius 1 is 1.09 bits per heavy atom. The number of nitrogens with zero attached hydrogens (tertiary/aromatic N) is 3. The van der Waals surface area contributed by atoms with Gasteiger partial charge >= 0.3 is 6.61 Å². The molecule has 1 aliphatic heterocycles. The SMILES string of the molecule is N#CC1(NC(=O)[C@@H]2CCCC[C@H]2c2oc(-c3ccccc3OC(F)F)nc2-c2ccc(N3CCS(=O)(=O)CC3)cc2)CC1. The molecule has 9 nitrogen and oxygen atoms in total. The highest BCUT2D eigenvalue weighted by Gasteiger charge is 2.47. The minimum Gasteiger partial charge on any atom is -0.440 e. The van der Waals surface area contributed by atoms with Crippen molar-refractivity contribution in [2.24, 2.45) is 5.92 Å². The molecule has 2 saturated carbocycles. The summed E-state index contributed by atoms with van der Waals surface area (Å²) in [5.74, 6) is -0.254. The number of sulfone groups is 1. The standard InChI is InChI=1S/C31H32F2N4O5S/c32-30(33)41-25-8-4-3-7-24(25)29-35-26(20-9-11-21(12-10-20)37-15-17-43(39,40)18-16-37)27(42-29)22-5-1-2-6-23(22)28(38)36-31(19-34)13-14-31/h3-4,7-12,22-23,30H,1-2,5-6,13-18H2,(H,36,38)/t22-,23-/m1/s1. The molecule has 2 aliphatic carbocycles. The van der Waals surface area contributed by atoms with Crippen LogP contribution in [0.3, 0.4) is 0 Å². The third kappa shape index (κ3) is 6.22. The van der Waals surface area contributed by atoms with Crippen LogP contribution in [0.5, 0.6) is 5.75 Å². The Hall–Kier alpha value is -3.98. The number of rotatable bonds is 8. The summed E-state index contributed by atoms with van der Waals surface area (Å²) in [5, 5.41) is 12.5. The molecule has 6 rings (SSSR count). The normalized spacial score (nSPS) is 22.5. The first-order valence-electron chi connectivity index (χ1n) is 14.5. The molecule has 1 saturated heterocycles. The second-order valence-electron chi connectivity index (χ2n) is 11.5. The number of hydrogen-bond acceptors (Lipinski definition) is 8. The van der Waals surface area contributed by atoms with E-state index < -0.39 is 27.9 Å². The Kier molecular flexibility index (Phi) is 7.85. The largest absolute Gasteiger partial charge is 0.440 e. The van der Waals surface area contributed by atoms with Gasteiger partial charge in [0, 0.05) is 36.2 Å². The van der Waals surface area contributed by atoms with Crippen molar-refractivity contribution in [1.29, 1.82) is 5.26 Å². The number of amides is 1. The average Bonchev–Trinajstić information content (AvgIpc) is 3.64. The molecule has 1 amide bonds. The fourth-order valence-electron chi connectivity index (χ4n) is 6.02. The first kappa shape index (κ1) is 29.1. The summed E-state index contributed by atoms with van der Waals surface area (Å²) in [5.41, 5.74) is 1.55. The second kappa shape index (κ2) is 11.6. The summed E-state index contributed by atoms with van der Waals surface area (Å²) in [7, 11) is -3.02. The zero-order valence-electron chi connectivity index (χ0n) is 23.5. The fourth-order valence-corrected chi connectivity index (χ4v) is 7.23. The lowest BCUT2D eigenvalue weighted by Crippen LogP contribution is -2.42. The number of halogens is 2. The maximum atomic E-state index is 13.5. The highest BCUT2D eigenvalue weighted by Crippen LogP contribution is 2.46. The van der Waals surface area contributed by atoms with Gasteiger partial charge in [0.15, 0.2) is 9.84 Å². The lowest BCUT2D eigenvalue weighted by Gasteiger charge is -2.30.